The second-order valence-corrected chi connectivity index (χ2v) is 4.38. The van der Waals surface area contributed by atoms with Gasteiger partial charge in [-0.15, -0.1) is 0 Å². The summed E-state index contributed by atoms with van der Waals surface area (Å²) in [6, 6.07) is 3.70. The van der Waals surface area contributed by atoms with Gasteiger partial charge in [-0.1, -0.05) is 19.8 Å². The van der Waals surface area contributed by atoms with Crippen molar-refractivity contribution >= 4 is 5.78 Å². The molecule has 18 heavy (non-hydrogen) atoms. The third-order valence-electron chi connectivity index (χ3n) is 3.03. The molecule has 0 unspecified atom stereocenters. The minimum absolute atomic E-state index is 0.0197. The standard InChI is InChI=1S/C15H22O3/c1-5-6-7-8-12-9-13(11(2)16)15(18-4)10-14(12)17-3/h9-10H,5-8H2,1-4H3. The SMILES string of the molecule is CCCCCc1cc(C(C)=O)c(OC)cc1OC. The summed E-state index contributed by atoms with van der Waals surface area (Å²) in [5.41, 5.74) is 1.71. The van der Waals surface area contributed by atoms with Crippen LogP contribution in [0.4, 0.5) is 0 Å². The van der Waals surface area contributed by atoms with Gasteiger partial charge in [0.2, 0.25) is 0 Å². The molecule has 3 nitrogen and oxygen atoms in total. The number of aryl methyl sites for hydroxylation is 1. The fraction of sp³-hybridized carbons (Fsp3) is 0.533. The number of benzene rings is 1. The van der Waals surface area contributed by atoms with Crippen LogP contribution in [-0.4, -0.2) is 20.0 Å². The smallest absolute Gasteiger partial charge is 0.163 e. The summed E-state index contributed by atoms with van der Waals surface area (Å²) in [7, 11) is 3.21. The van der Waals surface area contributed by atoms with Gasteiger partial charge in [-0.2, -0.15) is 0 Å². The van der Waals surface area contributed by atoms with Gasteiger partial charge in [-0.05, 0) is 31.4 Å². The van der Waals surface area contributed by atoms with Crippen molar-refractivity contribution in [3.8, 4) is 11.5 Å². The lowest BCUT2D eigenvalue weighted by molar-refractivity contribution is 0.101. The summed E-state index contributed by atoms with van der Waals surface area (Å²) < 4.78 is 10.6. The van der Waals surface area contributed by atoms with Gasteiger partial charge in [0, 0.05) is 6.07 Å². The molecule has 0 saturated carbocycles. The number of carbonyl (C=O) groups excluding carboxylic acids is 1. The van der Waals surface area contributed by atoms with Crippen LogP contribution in [0, 0.1) is 0 Å². The predicted octanol–water partition coefficient (Wildman–Crippen LogP) is 3.64. The monoisotopic (exact) mass is 250 g/mol. The zero-order chi connectivity index (χ0) is 13.5. The lowest BCUT2D eigenvalue weighted by atomic mass is 10.0. The van der Waals surface area contributed by atoms with E-state index < -0.39 is 0 Å². The Balaban J connectivity index is 3.07. The van der Waals surface area contributed by atoms with Crippen molar-refractivity contribution in [1.29, 1.82) is 0 Å². The van der Waals surface area contributed by atoms with Crippen molar-refractivity contribution < 1.29 is 14.3 Å². The molecule has 1 rings (SSSR count). The third-order valence-corrected chi connectivity index (χ3v) is 3.03. The third kappa shape index (κ3) is 3.49. The minimum atomic E-state index is 0.0197. The van der Waals surface area contributed by atoms with Gasteiger partial charge in [0.1, 0.15) is 11.5 Å². The van der Waals surface area contributed by atoms with Crippen molar-refractivity contribution in [2.45, 2.75) is 39.5 Å². The maximum Gasteiger partial charge on any atom is 0.163 e. The Labute approximate surface area is 109 Å². The van der Waals surface area contributed by atoms with Crippen LogP contribution < -0.4 is 9.47 Å². The van der Waals surface area contributed by atoms with Gasteiger partial charge >= 0.3 is 0 Å². The molecule has 0 radical (unpaired) electrons. The van der Waals surface area contributed by atoms with E-state index in [1.54, 1.807) is 27.2 Å². The first-order valence-electron chi connectivity index (χ1n) is 6.39. The number of Topliss-reactive ketones (excluding diaryl/α,β-unsaturated/α-hetero) is 1. The van der Waals surface area contributed by atoms with E-state index in [0.717, 1.165) is 24.2 Å². The van der Waals surface area contributed by atoms with Gasteiger partial charge in [-0.3, -0.25) is 4.79 Å². The molecule has 0 aliphatic heterocycles. The molecule has 0 saturated heterocycles. The first-order chi connectivity index (χ1) is 8.63. The molecule has 0 aromatic heterocycles. The van der Waals surface area contributed by atoms with E-state index in [-0.39, 0.29) is 5.78 Å². The number of hydrogen-bond acceptors (Lipinski definition) is 3. The number of ketones is 1. The highest BCUT2D eigenvalue weighted by atomic mass is 16.5. The van der Waals surface area contributed by atoms with Crippen molar-refractivity contribution in [3.05, 3.63) is 23.3 Å². The summed E-state index contributed by atoms with van der Waals surface area (Å²) in [6.07, 6.45) is 4.40. The molecule has 0 amide bonds. The van der Waals surface area contributed by atoms with Crippen LogP contribution in [0.2, 0.25) is 0 Å². The Morgan fingerprint density at radius 3 is 2.28 bits per heavy atom. The topological polar surface area (TPSA) is 35.5 Å². The Morgan fingerprint density at radius 1 is 1.11 bits per heavy atom. The minimum Gasteiger partial charge on any atom is -0.496 e. The highest BCUT2D eigenvalue weighted by Crippen LogP contribution is 2.30. The lowest BCUT2D eigenvalue weighted by Gasteiger charge is -2.13. The Morgan fingerprint density at radius 2 is 1.78 bits per heavy atom. The van der Waals surface area contributed by atoms with Crippen LogP contribution in [0.3, 0.4) is 0 Å². The molecule has 1 aromatic carbocycles. The molecule has 1 aromatic rings. The molecule has 0 atom stereocenters. The van der Waals surface area contributed by atoms with E-state index in [0.29, 0.717) is 11.3 Å². The molecule has 3 heteroatoms. The molecule has 0 bridgehead atoms. The number of methoxy groups -OCH3 is 2. The van der Waals surface area contributed by atoms with E-state index in [1.807, 2.05) is 6.07 Å². The normalized spacial score (nSPS) is 10.2. The van der Waals surface area contributed by atoms with Crippen LogP contribution in [0.5, 0.6) is 11.5 Å². The fourth-order valence-corrected chi connectivity index (χ4v) is 2.00. The second kappa shape index (κ2) is 7.04. The fourth-order valence-electron chi connectivity index (χ4n) is 2.00. The largest absolute Gasteiger partial charge is 0.496 e. The Hall–Kier alpha value is -1.51. The van der Waals surface area contributed by atoms with Gasteiger partial charge in [0.15, 0.2) is 5.78 Å². The molecule has 0 N–H and O–H groups in total. The molecular weight excluding hydrogens is 228 g/mol. The molecule has 0 fully saturated rings. The summed E-state index contributed by atoms with van der Waals surface area (Å²) >= 11 is 0. The zero-order valence-electron chi connectivity index (χ0n) is 11.7. The van der Waals surface area contributed by atoms with Crippen LogP contribution >= 0.6 is 0 Å². The van der Waals surface area contributed by atoms with Crippen molar-refractivity contribution in [2.75, 3.05) is 14.2 Å². The maximum absolute atomic E-state index is 11.6. The van der Waals surface area contributed by atoms with Crippen LogP contribution in [0.25, 0.3) is 0 Å². The van der Waals surface area contributed by atoms with Gasteiger partial charge in [0.25, 0.3) is 0 Å². The number of hydrogen-bond donors (Lipinski definition) is 0. The highest BCUT2D eigenvalue weighted by Gasteiger charge is 2.13. The van der Waals surface area contributed by atoms with Crippen molar-refractivity contribution in [3.63, 3.8) is 0 Å². The summed E-state index contributed by atoms with van der Waals surface area (Å²) in [5, 5.41) is 0. The number of unbranched alkanes of at least 4 members (excludes halogenated alkanes) is 2. The van der Waals surface area contributed by atoms with Crippen LogP contribution in [-0.2, 0) is 6.42 Å². The maximum atomic E-state index is 11.6. The van der Waals surface area contributed by atoms with Gasteiger partial charge < -0.3 is 9.47 Å². The van der Waals surface area contributed by atoms with E-state index in [9.17, 15) is 4.79 Å². The molecule has 0 aliphatic carbocycles. The van der Waals surface area contributed by atoms with E-state index in [4.69, 9.17) is 9.47 Å². The molecule has 0 spiro atoms. The Bertz CT molecular complexity index is 410. The van der Waals surface area contributed by atoms with Crippen LogP contribution in [0.15, 0.2) is 12.1 Å². The van der Waals surface area contributed by atoms with Gasteiger partial charge in [-0.25, -0.2) is 0 Å². The average Bonchev–Trinajstić information content (AvgIpc) is 2.38. The van der Waals surface area contributed by atoms with E-state index in [2.05, 4.69) is 6.92 Å². The number of ether oxygens (including phenoxy) is 2. The van der Waals surface area contributed by atoms with Crippen molar-refractivity contribution in [1.82, 2.24) is 0 Å². The predicted molar refractivity (Wildman–Crippen MR) is 72.8 cm³/mol. The Kier molecular flexibility index (Phi) is 5.69. The first kappa shape index (κ1) is 14.6. The zero-order valence-corrected chi connectivity index (χ0v) is 11.7. The van der Waals surface area contributed by atoms with Gasteiger partial charge in [0.05, 0.1) is 19.8 Å². The molecule has 0 heterocycles. The quantitative estimate of drug-likeness (QED) is 0.547. The summed E-state index contributed by atoms with van der Waals surface area (Å²) in [4.78, 5) is 11.6. The first-order valence-corrected chi connectivity index (χ1v) is 6.39. The van der Waals surface area contributed by atoms with Crippen molar-refractivity contribution in [2.24, 2.45) is 0 Å². The lowest BCUT2D eigenvalue weighted by Crippen LogP contribution is -2.02. The second-order valence-electron chi connectivity index (χ2n) is 4.38. The molecule has 100 valence electrons. The molecular formula is C15H22O3. The van der Waals surface area contributed by atoms with Crippen LogP contribution in [0.1, 0.15) is 49.0 Å². The number of rotatable bonds is 7. The number of carbonyl (C=O) groups is 1. The molecule has 0 aliphatic rings. The van der Waals surface area contributed by atoms with E-state index in [1.165, 1.54) is 12.8 Å². The highest BCUT2D eigenvalue weighted by molar-refractivity contribution is 5.97. The average molecular weight is 250 g/mol. The summed E-state index contributed by atoms with van der Waals surface area (Å²) in [5.74, 6) is 1.40. The summed E-state index contributed by atoms with van der Waals surface area (Å²) in [6.45, 7) is 3.73. The van der Waals surface area contributed by atoms with E-state index >= 15 is 0 Å².